The van der Waals surface area contributed by atoms with E-state index < -0.39 is 17.3 Å². The zero-order chi connectivity index (χ0) is 44.9. The molecule has 2 N–H and O–H groups in total. The van der Waals surface area contributed by atoms with Gasteiger partial charge in [-0.2, -0.15) is 0 Å². The highest BCUT2D eigenvalue weighted by molar-refractivity contribution is 5.75. The van der Waals surface area contributed by atoms with Crippen molar-refractivity contribution in [3.8, 4) is 0 Å². The number of carbonyl (C=O) groups excluding carboxylic acids is 3. The van der Waals surface area contributed by atoms with Crippen LogP contribution < -0.4 is 10.6 Å². The Kier molecular flexibility index (Phi) is 24.6. The summed E-state index contributed by atoms with van der Waals surface area (Å²) >= 11 is 0. The lowest BCUT2D eigenvalue weighted by molar-refractivity contribution is -0.156. The molecule has 348 valence electrons. The maximum absolute atomic E-state index is 13.1. The normalized spacial score (nSPS) is 17.5. The molecule has 1 unspecified atom stereocenters. The highest BCUT2D eigenvalue weighted by Crippen LogP contribution is 2.29. The minimum Gasteiger partial charge on any atom is -0.459 e. The first-order valence-electron chi connectivity index (χ1n) is 22.2. The summed E-state index contributed by atoms with van der Waals surface area (Å²) in [6.45, 7) is 44.3. The fourth-order valence-electron chi connectivity index (χ4n) is 7.10. The summed E-state index contributed by atoms with van der Waals surface area (Å²) in [5.41, 5.74) is -0.812. The first kappa shape index (κ1) is 54.9. The van der Waals surface area contributed by atoms with Gasteiger partial charge in [-0.1, -0.05) is 62.3 Å². The van der Waals surface area contributed by atoms with Gasteiger partial charge in [-0.3, -0.25) is 19.4 Å². The highest BCUT2D eigenvalue weighted by Gasteiger charge is 2.32. The quantitative estimate of drug-likeness (QED) is 0.118. The van der Waals surface area contributed by atoms with Crippen LogP contribution in [0.25, 0.3) is 0 Å². The molecule has 1 saturated heterocycles. The van der Waals surface area contributed by atoms with Crippen molar-refractivity contribution in [2.45, 2.75) is 134 Å². The molecular weight excluding hydrogens is 753 g/mol. The molecule has 1 rings (SSSR count). The van der Waals surface area contributed by atoms with E-state index in [9.17, 15) is 14.4 Å². The molecule has 0 radical (unpaired) electrons. The lowest BCUT2D eigenvalue weighted by Crippen LogP contribution is -2.53. The number of hydrogen-bond donors (Lipinski definition) is 2. The maximum Gasteiger partial charge on any atom is 0.407 e. The third kappa shape index (κ3) is 30.6. The van der Waals surface area contributed by atoms with Crippen molar-refractivity contribution in [2.75, 3.05) is 125 Å². The van der Waals surface area contributed by atoms with Gasteiger partial charge in [-0.25, -0.2) is 4.79 Å². The lowest BCUT2D eigenvalue weighted by atomic mass is 9.82. The van der Waals surface area contributed by atoms with Gasteiger partial charge in [0.2, 0.25) is 5.91 Å². The molecule has 0 spiro atoms. The zero-order valence-corrected chi connectivity index (χ0v) is 40.5. The average molecular weight is 843 g/mol. The smallest absolute Gasteiger partial charge is 0.407 e. The third-order valence-corrected chi connectivity index (χ3v) is 9.35. The number of carbonyl (C=O) groups is 3. The Morgan fingerprint density at radius 2 is 0.932 bits per heavy atom. The van der Waals surface area contributed by atoms with Crippen LogP contribution in [0.15, 0.2) is 0 Å². The molecule has 0 bridgehead atoms. The molecule has 1 atom stereocenters. The Morgan fingerprint density at radius 3 is 1.37 bits per heavy atom. The molecule has 2 amide bonds. The Balaban J connectivity index is 2.78. The molecule has 1 heterocycles. The van der Waals surface area contributed by atoms with Gasteiger partial charge in [0.1, 0.15) is 11.2 Å². The van der Waals surface area contributed by atoms with Crippen molar-refractivity contribution in [1.29, 1.82) is 0 Å². The van der Waals surface area contributed by atoms with E-state index in [0.717, 1.165) is 71.9 Å². The second-order valence-electron chi connectivity index (χ2n) is 21.6. The van der Waals surface area contributed by atoms with Crippen molar-refractivity contribution in [3.05, 3.63) is 0 Å². The van der Waals surface area contributed by atoms with Crippen LogP contribution >= 0.6 is 0 Å². The number of esters is 1. The van der Waals surface area contributed by atoms with E-state index in [1.165, 1.54) is 0 Å². The Morgan fingerprint density at radius 1 is 0.525 bits per heavy atom. The summed E-state index contributed by atoms with van der Waals surface area (Å²) in [6.07, 6.45) is 0.690. The number of rotatable bonds is 20. The highest BCUT2D eigenvalue weighted by atomic mass is 16.6. The first-order valence-corrected chi connectivity index (χ1v) is 22.2. The van der Waals surface area contributed by atoms with E-state index in [1.807, 2.05) is 41.5 Å². The van der Waals surface area contributed by atoms with E-state index in [0.29, 0.717) is 59.2 Å². The first-order chi connectivity index (χ1) is 27.1. The molecule has 59 heavy (non-hydrogen) atoms. The van der Waals surface area contributed by atoms with Crippen LogP contribution in [0.5, 0.6) is 0 Å². The number of alkyl carbamates (subject to hydrolysis) is 1. The van der Waals surface area contributed by atoms with Gasteiger partial charge >= 0.3 is 12.1 Å². The monoisotopic (exact) mass is 843 g/mol. The van der Waals surface area contributed by atoms with Gasteiger partial charge in [0.05, 0.1) is 46.2 Å². The molecule has 1 fully saturated rings. The summed E-state index contributed by atoms with van der Waals surface area (Å²) in [7, 11) is 0. The molecule has 1 aliphatic rings. The number of hydrogen-bond acceptors (Lipinski definition) is 12. The van der Waals surface area contributed by atoms with Crippen molar-refractivity contribution in [1.82, 2.24) is 30.2 Å². The molecule has 14 nitrogen and oxygen atoms in total. The lowest BCUT2D eigenvalue weighted by Gasteiger charge is -2.43. The van der Waals surface area contributed by atoms with Crippen LogP contribution in [-0.2, 0) is 33.3 Å². The molecule has 1 aliphatic heterocycles. The molecule has 0 aliphatic carbocycles. The predicted octanol–water partition coefficient (Wildman–Crippen LogP) is 5.53. The van der Waals surface area contributed by atoms with Crippen molar-refractivity contribution in [2.24, 2.45) is 16.2 Å². The average Bonchev–Trinajstić information content (AvgIpc) is 3.04. The van der Waals surface area contributed by atoms with Crippen LogP contribution in [-0.4, -0.2) is 180 Å². The van der Waals surface area contributed by atoms with Gasteiger partial charge in [-0.15, -0.1) is 0 Å². The van der Waals surface area contributed by atoms with Crippen LogP contribution in [0.3, 0.4) is 0 Å². The van der Waals surface area contributed by atoms with Crippen LogP contribution in [0.2, 0.25) is 0 Å². The molecule has 0 aromatic heterocycles. The second kappa shape index (κ2) is 26.4. The van der Waals surface area contributed by atoms with Crippen LogP contribution in [0.4, 0.5) is 4.79 Å². The maximum atomic E-state index is 13.1. The molecular formula is C45H90N6O8. The van der Waals surface area contributed by atoms with Crippen molar-refractivity contribution in [3.63, 3.8) is 0 Å². The standard InChI is InChI=1S/C45H90N6O8/c1-41(2,3)35-49-21-20-48(34-39(53)58-44(10,11)12)24-26-51(27-25-50(23-22-49)36-42(4,5)6)37(43(7,8)9)16-17-38(52)46-18-28-55-30-32-57-33-31-56-29-19-47-40(54)59-45(13,14)15/h37H,16-36H2,1-15H3,(H,46,52)(H,47,54). The fourth-order valence-corrected chi connectivity index (χ4v) is 7.10. The van der Waals surface area contributed by atoms with Crippen LogP contribution in [0.1, 0.15) is 117 Å². The fraction of sp³-hybridized carbons (Fsp3) is 0.933. The molecule has 14 heteroatoms. The number of amides is 2. The molecule has 0 saturated carbocycles. The van der Waals surface area contributed by atoms with Gasteiger partial charge in [-0.05, 0) is 64.2 Å². The Bertz CT molecular complexity index is 1190. The third-order valence-electron chi connectivity index (χ3n) is 9.35. The minimum absolute atomic E-state index is 0.0200. The van der Waals surface area contributed by atoms with Crippen molar-refractivity contribution >= 4 is 18.0 Å². The minimum atomic E-state index is -0.537. The van der Waals surface area contributed by atoms with Gasteiger partial charge < -0.3 is 44.1 Å². The van der Waals surface area contributed by atoms with Crippen LogP contribution in [0, 0.1) is 16.2 Å². The van der Waals surface area contributed by atoms with E-state index >= 15 is 0 Å². The van der Waals surface area contributed by atoms with E-state index in [-0.39, 0.29) is 40.7 Å². The van der Waals surface area contributed by atoms with Crippen molar-refractivity contribution < 1.29 is 38.1 Å². The summed E-state index contributed by atoms with van der Waals surface area (Å²) in [5, 5.41) is 5.70. The van der Waals surface area contributed by atoms with E-state index in [4.69, 9.17) is 23.7 Å². The topological polar surface area (TPSA) is 134 Å². The zero-order valence-electron chi connectivity index (χ0n) is 40.5. The van der Waals surface area contributed by atoms with E-state index in [2.05, 4.69) is 92.5 Å². The van der Waals surface area contributed by atoms with Gasteiger partial charge in [0, 0.05) is 91.0 Å². The Hall–Kier alpha value is -2.07. The summed E-state index contributed by atoms with van der Waals surface area (Å²) in [6, 6.07) is 0.159. The SMILES string of the molecule is CC(C)(C)CN1CCN(CC(=O)OC(C)(C)C)CCN(C(CCC(=O)NCCOCCOCCOCCNC(=O)OC(C)(C)C)C(C)(C)C)CCN(CC(C)(C)C)CC1. The second-order valence-corrected chi connectivity index (χ2v) is 21.6. The largest absolute Gasteiger partial charge is 0.459 e. The predicted molar refractivity (Wildman–Crippen MR) is 238 cm³/mol. The Labute approximate surface area is 360 Å². The molecule has 0 aromatic carbocycles. The summed E-state index contributed by atoms with van der Waals surface area (Å²) < 4.78 is 27.7. The number of nitrogens with zero attached hydrogens (tertiary/aromatic N) is 4. The summed E-state index contributed by atoms with van der Waals surface area (Å²) in [5.74, 6) is -0.171. The van der Waals surface area contributed by atoms with Gasteiger partial charge in [0.25, 0.3) is 0 Å². The van der Waals surface area contributed by atoms with Gasteiger partial charge in [0.15, 0.2) is 0 Å². The number of ether oxygens (including phenoxy) is 5. The summed E-state index contributed by atoms with van der Waals surface area (Å²) in [4.78, 5) is 48.0. The molecule has 0 aromatic rings. The number of nitrogens with one attached hydrogen (secondary N) is 2. The van der Waals surface area contributed by atoms with E-state index in [1.54, 1.807) is 0 Å².